The minimum absolute atomic E-state index is 1.70. The monoisotopic (exact) mass is 350 g/mol. The Morgan fingerprint density at radius 1 is 0.913 bits per heavy atom. The van der Waals surface area contributed by atoms with E-state index < -0.39 is 52.6 Å². The van der Waals surface area contributed by atoms with Gasteiger partial charge in [-0.2, -0.15) is 0 Å². The lowest BCUT2D eigenvalue weighted by molar-refractivity contribution is -1.28. The molecule has 1 saturated heterocycles. The van der Waals surface area contributed by atoms with Gasteiger partial charge in [-0.05, 0) is 0 Å². The number of carboxylic acids is 1. The van der Waals surface area contributed by atoms with Crippen molar-refractivity contribution in [2.75, 3.05) is 0 Å². The SMILES string of the molecule is O=C(O)C(O)(O)C(O)C(O)(O)[N+]1(C(O)(O)O)C(O)(O)CC1(O)O. The highest BCUT2D eigenvalue weighted by Gasteiger charge is 2.93. The first-order chi connectivity index (χ1) is 9.81. The molecule has 0 radical (unpaired) electrons. The van der Waals surface area contributed by atoms with Crippen molar-refractivity contribution < 1.29 is 75.7 Å². The first-order valence-electron chi connectivity index (χ1n) is 5.57. The third-order valence-electron chi connectivity index (χ3n) is 3.56. The van der Waals surface area contributed by atoms with Gasteiger partial charge in [0.15, 0.2) is 6.42 Å². The normalized spacial score (nSPS) is 24.7. The lowest BCUT2D eigenvalue weighted by Gasteiger charge is -2.65. The molecule has 136 valence electrons. The number of aliphatic carboxylic acids is 1. The fourth-order valence-corrected chi connectivity index (χ4v) is 2.55. The van der Waals surface area contributed by atoms with Crippen LogP contribution in [0.4, 0.5) is 0 Å². The van der Waals surface area contributed by atoms with Gasteiger partial charge >= 0.3 is 35.6 Å². The number of quaternary nitrogens is 1. The molecule has 0 amide bonds. The average molecular weight is 350 g/mol. The molecule has 0 saturated carbocycles. The predicted molar refractivity (Wildman–Crippen MR) is 56.6 cm³/mol. The van der Waals surface area contributed by atoms with Crippen LogP contribution in [-0.4, -0.2) is 113 Å². The summed E-state index contributed by atoms with van der Waals surface area (Å²) in [5, 5.41) is 121. The molecule has 0 aromatic carbocycles. The van der Waals surface area contributed by atoms with Crippen molar-refractivity contribution in [1.82, 2.24) is 0 Å². The molecule has 1 heterocycles. The van der Waals surface area contributed by atoms with E-state index in [2.05, 4.69) is 0 Å². The van der Waals surface area contributed by atoms with Crippen LogP contribution in [0.5, 0.6) is 0 Å². The molecule has 1 unspecified atom stereocenters. The van der Waals surface area contributed by atoms with Gasteiger partial charge in [0.25, 0.3) is 0 Å². The van der Waals surface area contributed by atoms with Gasteiger partial charge in [-0.15, -0.1) is 0 Å². The number of carboxylic acid groups (broad SMARTS) is 1. The van der Waals surface area contributed by atoms with Crippen LogP contribution >= 0.6 is 0 Å². The Labute approximate surface area is 125 Å². The second-order valence-corrected chi connectivity index (χ2v) is 5.12. The number of likely N-dealkylation sites (tertiary alicyclic amines) is 1. The van der Waals surface area contributed by atoms with Crippen LogP contribution in [0.1, 0.15) is 6.42 Å². The summed E-state index contributed by atoms with van der Waals surface area (Å²) in [6.07, 6.45) is -10.4. The zero-order valence-corrected chi connectivity index (χ0v) is 11.0. The number of rotatable bonds is 5. The lowest BCUT2D eigenvalue weighted by Crippen LogP contribution is -3.00. The molecule has 0 bridgehead atoms. The van der Waals surface area contributed by atoms with E-state index in [-0.39, 0.29) is 0 Å². The summed E-state index contributed by atoms with van der Waals surface area (Å²) in [6.45, 7) is 0. The molecule has 13 N–H and O–H groups in total. The van der Waals surface area contributed by atoms with Crippen molar-refractivity contribution in [2.24, 2.45) is 0 Å². The third kappa shape index (κ3) is 2.16. The largest absolute Gasteiger partial charge is 0.477 e. The van der Waals surface area contributed by atoms with Crippen molar-refractivity contribution in [3.63, 3.8) is 0 Å². The van der Waals surface area contributed by atoms with Crippen molar-refractivity contribution >= 4 is 5.97 Å². The van der Waals surface area contributed by atoms with Crippen molar-refractivity contribution in [3.8, 4) is 0 Å². The minimum Gasteiger partial charge on any atom is -0.477 e. The van der Waals surface area contributed by atoms with Gasteiger partial charge in [0.05, 0.1) is 0 Å². The van der Waals surface area contributed by atoms with Gasteiger partial charge in [0, 0.05) is 0 Å². The van der Waals surface area contributed by atoms with E-state index in [1.165, 1.54) is 0 Å². The Bertz CT molecular complexity index is 472. The molecular formula is C8H16NO14+. The molecule has 15 nitrogen and oxygen atoms in total. The quantitative estimate of drug-likeness (QED) is 0.162. The summed E-state index contributed by atoms with van der Waals surface area (Å²) in [4.78, 5) is 10.6. The summed E-state index contributed by atoms with van der Waals surface area (Å²) in [6, 6.07) is 0. The van der Waals surface area contributed by atoms with Crippen molar-refractivity contribution in [2.45, 2.75) is 42.1 Å². The average Bonchev–Trinajstić information content (AvgIpc) is 2.21. The molecule has 0 aromatic rings. The molecule has 1 aliphatic rings. The molecule has 1 rings (SSSR count). The molecule has 0 aliphatic carbocycles. The van der Waals surface area contributed by atoms with Gasteiger partial charge in [-0.1, -0.05) is 4.48 Å². The van der Waals surface area contributed by atoms with E-state index in [1.807, 2.05) is 0 Å². The summed E-state index contributed by atoms with van der Waals surface area (Å²) in [5.41, 5.74) is 0. The maximum Gasteiger partial charge on any atom is 0.455 e. The lowest BCUT2D eigenvalue weighted by atomic mass is 9.90. The molecule has 0 aromatic heterocycles. The topological polar surface area (TPSA) is 280 Å². The van der Waals surface area contributed by atoms with E-state index in [4.69, 9.17) is 30.6 Å². The van der Waals surface area contributed by atoms with Crippen LogP contribution in [0, 0.1) is 0 Å². The molecule has 1 atom stereocenters. The third-order valence-corrected chi connectivity index (χ3v) is 3.56. The van der Waals surface area contributed by atoms with Crippen molar-refractivity contribution in [3.05, 3.63) is 0 Å². The highest BCUT2D eigenvalue weighted by atomic mass is 16.8. The number of aliphatic hydroxyl groups excluding tert-OH is 1. The maximum absolute atomic E-state index is 10.6. The summed E-state index contributed by atoms with van der Waals surface area (Å²) < 4.78 is -3.64. The Kier molecular flexibility index (Phi) is 4.12. The van der Waals surface area contributed by atoms with Gasteiger partial charge in [0.1, 0.15) is 0 Å². The standard InChI is InChI=1S/C8H15NO14/c10-2(6(17,18)3(11)12)7(19,20)9(8(21,22)23)4(13,14)1-5(9,15)16/h2,10,13-23H,1H2/p+1. The smallest absolute Gasteiger partial charge is 0.455 e. The van der Waals surface area contributed by atoms with Crippen LogP contribution in [-0.2, 0) is 4.79 Å². The van der Waals surface area contributed by atoms with E-state index in [9.17, 15) is 40.5 Å². The summed E-state index contributed by atoms with van der Waals surface area (Å²) >= 11 is 0. The summed E-state index contributed by atoms with van der Waals surface area (Å²) in [5.74, 6) is -20.1. The molecular weight excluding hydrogens is 334 g/mol. The first-order valence-corrected chi connectivity index (χ1v) is 5.57. The van der Waals surface area contributed by atoms with E-state index in [0.29, 0.717) is 0 Å². The van der Waals surface area contributed by atoms with Gasteiger partial charge in [-0.25, -0.2) is 4.79 Å². The van der Waals surface area contributed by atoms with Gasteiger partial charge in [0.2, 0.25) is 6.10 Å². The van der Waals surface area contributed by atoms with Crippen LogP contribution < -0.4 is 0 Å². The molecule has 1 aliphatic heterocycles. The molecule has 23 heavy (non-hydrogen) atoms. The Balaban J connectivity index is 3.67. The minimum atomic E-state index is -4.87. The zero-order valence-electron chi connectivity index (χ0n) is 11.0. The Morgan fingerprint density at radius 3 is 1.48 bits per heavy atom. The number of carbonyl (C=O) groups is 1. The number of aliphatic hydroxyl groups is 12. The van der Waals surface area contributed by atoms with Crippen molar-refractivity contribution in [1.29, 1.82) is 0 Å². The van der Waals surface area contributed by atoms with Crippen LogP contribution in [0.15, 0.2) is 0 Å². The van der Waals surface area contributed by atoms with Crippen LogP contribution in [0.3, 0.4) is 0 Å². The van der Waals surface area contributed by atoms with Crippen LogP contribution in [0.2, 0.25) is 0 Å². The predicted octanol–water partition coefficient (Wildman–Crippen LogP) is -8.16. The second-order valence-electron chi connectivity index (χ2n) is 5.12. The van der Waals surface area contributed by atoms with Gasteiger partial charge < -0.3 is 51.1 Å². The fourth-order valence-electron chi connectivity index (χ4n) is 2.55. The highest BCUT2D eigenvalue weighted by molar-refractivity contribution is 5.75. The van der Waals surface area contributed by atoms with E-state index in [0.717, 1.165) is 0 Å². The maximum atomic E-state index is 10.6. The molecule has 1 fully saturated rings. The number of nitrogens with zero attached hydrogens (tertiary/aromatic N) is 1. The van der Waals surface area contributed by atoms with Crippen LogP contribution in [0.25, 0.3) is 0 Å². The Hall–Kier alpha value is -1.05. The number of hydrogen-bond acceptors (Lipinski definition) is 13. The zero-order chi connectivity index (χ0) is 18.9. The van der Waals surface area contributed by atoms with Gasteiger partial charge in [-0.3, -0.25) is 15.3 Å². The first kappa shape index (κ1) is 20.0. The fraction of sp³-hybridized carbons (Fsp3) is 0.875. The summed E-state index contributed by atoms with van der Waals surface area (Å²) in [7, 11) is 0. The molecule has 0 spiro atoms. The second kappa shape index (κ2) is 4.74. The van der Waals surface area contributed by atoms with E-state index >= 15 is 0 Å². The van der Waals surface area contributed by atoms with E-state index in [1.54, 1.807) is 0 Å². The molecule has 15 heteroatoms. The number of hydrogen-bond donors (Lipinski definition) is 13. The highest BCUT2D eigenvalue weighted by Crippen LogP contribution is 2.56. The Morgan fingerprint density at radius 2 is 1.26 bits per heavy atom.